The van der Waals surface area contributed by atoms with Crippen LogP contribution in [0.4, 0.5) is 0 Å². The molecule has 0 fully saturated rings. The highest BCUT2D eigenvalue weighted by atomic mass is 79.9. The van der Waals surface area contributed by atoms with Crippen LogP contribution in [0.2, 0.25) is 0 Å². The van der Waals surface area contributed by atoms with Crippen molar-refractivity contribution in [3.05, 3.63) is 0 Å². The van der Waals surface area contributed by atoms with Crippen LogP contribution in [0.1, 0.15) is 110 Å². The van der Waals surface area contributed by atoms with Crippen LogP contribution in [0.3, 0.4) is 0 Å². The first-order chi connectivity index (χ1) is 11.2. The van der Waals surface area contributed by atoms with Crippen molar-refractivity contribution >= 4 is 48.8 Å². The van der Waals surface area contributed by atoms with E-state index in [1.165, 1.54) is 89.9 Å². The van der Waals surface area contributed by atoms with Crippen LogP contribution in [0.15, 0.2) is 0 Å². The van der Waals surface area contributed by atoms with Crippen LogP contribution in [-0.4, -0.2) is 16.2 Å². The monoisotopic (exact) mass is 533 g/mol. The molecule has 148 valence electrons. The number of hydrogen-bond donors (Lipinski definition) is 1. The molecule has 0 bridgehead atoms. The van der Waals surface area contributed by atoms with Gasteiger partial charge >= 0.3 is 0 Å². The van der Waals surface area contributed by atoms with Crippen molar-refractivity contribution in [2.75, 3.05) is 10.7 Å². The summed E-state index contributed by atoms with van der Waals surface area (Å²) >= 11 is 7.08. The zero-order chi connectivity index (χ0) is 17.2. The largest absolute Gasteiger partial charge is 0.325 e. The Bertz CT molecular complexity index is 231. The van der Waals surface area contributed by atoms with Gasteiger partial charge in [0.05, 0.1) is 0 Å². The highest BCUT2D eigenvalue weighted by molar-refractivity contribution is 9.09. The molecule has 0 rings (SSSR count). The van der Waals surface area contributed by atoms with Crippen LogP contribution in [0.25, 0.3) is 0 Å². The van der Waals surface area contributed by atoms with Crippen LogP contribution >= 0.6 is 48.8 Å². The summed E-state index contributed by atoms with van der Waals surface area (Å²) < 4.78 is 0. The number of rotatable bonds is 18. The van der Waals surface area contributed by atoms with Crippen molar-refractivity contribution in [3.63, 3.8) is 0 Å². The fourth-order valence-corrected chi connectivity index (χ4v) is 4.83. The Morgan fingerprint density at radius 2 is 0.917 bits per heavy atom. The maximum atomic E-state index is 6.50. The number of halogens is 3. The fourth-order valence-electron chi connectivity index (χ4n) is 3.25. The molecule has 0 saturated heterocycles. The summed E-state index contributed by atoms with van der Waals surface area (Å²) in [5.41, 5.74) is 6.54. The molecule has 0 aromatic carbocycles. The van der Waals surface area contributed by atoms with Crippen molar-refractivity contribution in [1.82, 2.24) is 0 Å². The molecule has 4 heteroatoms. The molecule has 0 aliphatic carbocycles. The third-order valence-electron chi connectivity index (χ3n) is 4.96. The maximum absolute atomic E-state index is 6.50. The second kappa shape index (κ2) is 20.7. The van der Waals surface area contributed by atoms with Crippen molar-refractivity contribution in [2.24, 2.45) is 5.73 Å². The van der Waals surface area contributed by atoms with Gasteiger partial charge in [-0.25, -0.2) is 0 Å². The molecule has 0 aromatic heterocycles. The third kappa shape index (κ3) is 18.2. The summed E-state index contributed by atoms with van der Waals surface area (Å²) in [5.74, 6) is 0. The topological polar surface area (TPSA) is 26.0 Å². The van der Waals surface area contributed by atoms with Gasteiger partial charge in [0, 0.05) is 16.2 Å². The Labute approximate surface area is 179 Å². The number of unbranched alkanes of at least 4 members (excludes halogenated alkanes) is 12. The van der Waals surface area contributed by atoms with Crippen molar-refractivity contribution in [1.29, 1.82) is 0 Å². The highest BCUT2D eigenvalue weighted by Crippen LogP contribution is 2.23. The van der Waals surface area contributed by atoms with Crippen molar-refractivity contribution in [2.45, 2.75) is 115 Å². The summed E-state index contributed by atoms with van der Waals surface area (Å²) in [5, 5.41) is 2.05. The minimum atomic E-state index is 0. The van der Waals surface area contributed by atoms with Gasteiger partial charge in [0.15, 0.2) is 0 Å². The molecule has 0 aliphatic heterocycles. The summed E-state index contributed by atoms with van der Waals surface area (Å²) in [7, 11) is 0. The lowest BCUT2D eigenvalue weighted by Gasteiger charge is -2.28. The number of alkyl halides is 2. The fraction of sp³-hybridized carbons (Fsp3) is 1.00. The minimum Gasteiger partial charge on any atom is -0.325 e. The molecule has 2 N–H and O–H groups in total. The molecule has 0 unspecified atom stereocenters. The maximum Gasteiger partial charge on any atom is 0.0170 e. The Morgan fingerprint density at radius 3 is 1.25 bits per heavy atom. The Kier molecular flexibility index (Phi) is 23.8. The average molecular weight is 536 g/mol. The second-order valence-electron chi connectivity index (χ2n) is 7.23. The normalized spacial score (nSPS) is 11.5. The minimum absolute atomic E-state index is 0. The molecule has 1 nitrogen and oxygen atoms in total. The molecular weight excluding hydrogens is 494 g/mol. The van der Waals surface area contributed by atoms with Crippen molar-refractivity contribution < 1.29 is 0 Å². The van der Waals surface area contributed by atoms with Gasteiger partial charge in [0.25, 0.3) is 0 Å². The smallest absolute Gasteiger partial charge is 0.0170 e. The second-order valence-corrected chi connectivity index (χ2v) is 8.82. The molecule has 0 heterocycles. The molecular formula is C20H42Br3N. The summed E-state index contributed by atoms with van der Waals surface area (Å²) in [6.45, 7) is 2.29. The molecule has 0 amide bonds. The standard InChI is InChI=1S/C20H41Br2N.BrH/c1-2-3-4-5-6-7-8-9-10-11-12-13-14-15-20(23,16-18-21)17-19-22;/h2-19,23H2,1H3;1H. The van der Waals surface area contributed by atoms with E-state index in [2.05, 4.69) is 38.8 Å². The molecule has 0 aliphatic rings. The van der Waals surface area contributed by atoms with Crippen LogP contribution in [0, 0.1) is 0 Å². The van der Waals surface area contributed by atoms with E-state index in [0.717, 1.165) is 23.5 Å². The lowest BCUT2D eigenvalue weighted by molar-refractivity contribution is 0.356. The molecule has 0 atom stereocenters. The molecule has 0 aromatic rings. The number of hydrogen-bond acceptors (Lipinski definition) is 1. The van der Waals surface area contributed by atoms with Gasteiger partial charge in [-0.05, 0) is 19.3 Å². The zero-order valence-corrected chi connectivity index (χ0v) is 20.9. The van der Waals surface area contributed by atoms with Gasteiger partial charge in [0.2, 0.25) is 0 Å². The van der Waals surface area contributed by atoms with Gasteiger partial charge in [0.1, 0.15) is 0 Å². The van der Waals surface area contributed by atoms with Crippen LogP contribution in [0.5, 0.6) is 0 Å². The van der Waals surface area contributed by atoms with E-state index in [9.17, 15) is 0 Å². The van der Waals surface area contributed by atoms with Crippen molar-refractivity contribution in [3.8, 4) is 0 Å². The van der Waals surface area contributed by atoms with Gasteiger partial charge in [-0.3, -0.25) is 0 Å². The van der Waals surface area contributed by atoms with Gasteiger partial charge < -0.3 is 5.73 Å². The van der Waals surface area contributed by atoms with E-state index in [0.29, 0.717) is 0 Å². The molecule has 0 radical (unpaired) electrons. The third-order valence-corrected chi connectivity index (χ3v) is 5.76. The van der Waals surface area contributed by atoms with E-state index >= 15 is 0 Å². The van der Waals surface area contributed by atoms with E-state index in [-0.39, 0.29) is 22.5 Å². The lowest BCUT2D eigenvalue weighted by atomic mass is 9.88. The first-order valence-electron chi connectivity index (χ1n) is 10.1. The summed E-state index contributed by atoms with van der Waals surface area (Å²) in [4.78, 5) is 0. The Balaban J connectivity index is 0. The molecule has 0 spiro atoms. The predicted molar refractivity (Wildman–Crippen MR) is 124 cm³/mol. The zero-order valence-electron chi connectivity index (χ0n) is 16.0. The number of nitrogens with two attached hydrogens (primary N) is 1. The molecule has 0 saturated carbocycles. The van der Waals surface area contributed by atoms with E-state index < -0.39 is 0 Å². The Hall–Kier alpha value is 1.40. The summed E-state index contributed by atoms with van der Waals surface area (Å²) in [6, 6.07) is 0. The first-order valence-corrected chi connectivity index (χ1v) is 12.3. The first kappa shape index (κ1) is 27.6. The van der Waals surface area contributed by atoms with Gasteiger partial charge in [-0.2, -0.15) is 0 Å². The Morgan fingerprint density at radius 1 is 0.583 bits per heavy atom. The average Bonchev–Trinajstić information content (AvgIpc) is 2.52. The van der Waals surface area contributed by atoms with E-state index in [4.69, 9.17) is 5.73 Å². The van der Waals surface area contributed by atoms with Crippen LogP contribution < -0.4 is 5.73 Å². The quantitative estimate of drug-likeness (QED) is 0.138. The molecule has 24 heavy (non-hydrogen) atoms. The highest BCUT2D eigenvalue weighted by Gasteiger charge is 2.22. The van der Waals surface area contributed by atoms with E-state index in [1.807, 2.05) is 0 Å². The van der Waals surface area contributed by atoms with E-state index in [1.54, 1.807) is 0 Å². The summed E-state index contributed by atoms with van der Waals surface area (Å²) in [6.07, 6.45) is 21.8. The SMILES string of the molecule is Br.CCCCCCCCCCCCCCCC(N)(CCBr)CCBr. The van der Waals surface area contributed by atoms with Gasteiger partial charge in [-0.15, -0.1) is 17.0 Å². The predicted octanol–water partition coefficient (Wildman–Crippen LogP) is 8.31. The van der Waals surface area contributed by atoms with Crippen LogP contribution in [-0.2, 0) is 0 Å². The van der Waals surface area contributed by atoms with Gasteiger partial charge in [-0.1, -0.05) is 122 Å². The lowest BCUT2D eigenvalue weighted by Crippen LogP contribution is -2.40.